The number of aromatic nitrogens is 2. The molecule has 4 aromatic rings. The summed E-state index contributed by atoms with van der Waals surface area (Å²) >= 11 is 0. The van der Waals surface area contributed by atoms with Crippen LogP contribution in [0.5, 0.6) is 23.0 Å². The summed E-state index contributed by atoms with van der Waals surface area (Å²) in [7, 11) is 0. The number of ether oxygens (including phenoxy) is 5. The Labute approximate surface area is 213 Å². The average molecular weight is 517 g/mol. The molecule has 0 radical (unpaired) electrons. The molecule has 0 saturated carbocycles. The van der Waals surface area contributed by atoms with E-state index in [4.69, 9.17) is 38.3 Å². The fourth-order valence-corrected chi connectivity index (χ4v) is 4.83. The molecule has 2 aromatic carbocycles. The van der Waals surface area contributed by atoms with E-state index in [1.807, 2.05) is 0 Å². The number of carbonyl (C=O) groups excluding carboxylic acids is 1. The third kappa shape index (κ3) is 3.26. The van der Waals surface area contributed by atoms with Crippen molar-refractivity contribution in [3.63, 3.8) is 0 Å². The van der Waals surface area contributed by atoms with Crippen LogP contribution in [-0.4, -0.2) is 35.7 Å². The zero-order chi connectivity index (χ0) is 26.0. The Bertz CT molecular complexity index is 1810. The monoisotopic (exact) mass is 517 g/mol. The molecular formula is C26H19N3O9. The Kier molecular flexibility index (Phi) is 4.77. The molecule has 192 valence electrons. The third-order valence-corrected chi connectivity index (χ3v) is 6.41. The number of hydrogen-bond acceptors (Lipinski definition) is 11. The van der Waals surface area contributed by atoms with Gasteiger partial charge >= 0.3 is 11.6 Å². The number of oxazole rings is 2. The number of nitrogens with zero attached hydrogens (tertiary/aromatic N) is 2. The Morgan fingerprint density at radius 3 is 2.53 bits per heavy atom. The van der Waals surface area contributed by atoms with E-state index >= 15 is 0 Å². The second kappa shape index (κ2) is 8.20. The summed E-state index contributed by atoms with van der Waals surface area (Å²) in [4.78, 5) is 31.0. The molecule has 5 heterocycles. The van der Waals surface area contributed by atoms with Gasteiger partial charge in [0.15, 0.2) is 23.0 Å². The van der Waals surface area contributed by atoms with Crippen molar-refractivity contribution in [3.8, 4) is 28.9 Å². The predicted molar refractivity (Wildman–Crippen MR) is 129 cm³/mol. The third-order valence-electron chi connectivity index (χ3n) is 6.41. The van der Waals surface area contributed by atoms with Crippen LogP contribution in [0.1, 0.15) is 29.7 Å². The number of hydrogen-bond donors (Lipinski definition) is 1. The first-order chi connectivity index (χ1) is 18.5. The highest BCUT2D eigenvalue weighted by atomic mass is 16.7. The van der Waals surface area contributed by atoms with Gasteiger partial charge in [0.1, 0.15) is 16.6 Å². The van der Waals surface area contributed by atoms with Gasteiger partial charge in [-0.15, -0.1) is 0 Å². The maximum absolute atomic E-state index is 13.4. The van der Waals surface area contributed by atoms with Crippen molar-refractivity contribution >= 4 is 23.6 Å². The zero-order valence-electron chi connectivity index (χ0n) is 19.9. The fourth-order valence-electron chi connectivity index (χ4n) is 4.83. The number of esters is 1. The van der Waals surface area contributed by atoms with Crippen LogP contribution in [0.3, 0.4) is 0 Å². The van der Waals surface area contributed by atoms with E-state index < -0.39 is 17.5 Å². The van der Waals surface area contributed by atoms with Gasteiger partial charge in [-0.1, -0.05) is 12.1 Å². The topological polar surface area (TPSA) is 150 Å². The molecule has 1 atom stereocenters. The first-order valence-corrected chi connectivity index (χ1v) is 11.7. The van der Waals surface area contributed by atoms with E-state index in [1.165, 1.54) is 4.57 Å². The second-order valence-corrected chi connectivity index (χ2v) is 8.59. The lowest BCUT2D eigenvalue weighted by molar-refractivity contribution is -0.136. The van der Waals surface area contributed by atoms with Gasteiger partial charge in [-0.05, 0) is 48.4 Å². The molecule has 3 aliphatic heterocycles. The first kappa shape index (κ1) is 22.1. The van der Waals surface area contributed by atoms with Crippen LogP contribution in [0.2, 0.25) is 0 Å². The van der Waals surface area contributed by atoms with E-state index in [9.17, 15) is 9.59 Å². The first-order valence-electron chi connectivity index (χ1n) is 11.7. The summed E-state index contributed by atoms with van der Waals surface area (Å²) in [5.74, 6) is 0.843. The van der Waals surface area contributed by atoms with Crippen LogP contribution in [0.15, 0.2) is 50.0 Å². The number of nitrogens with two attached hydrogens (primary N) is 1. The molecule has 1 unspecified atom stereocenters. The van der Waals surface area contributed by atoms with E-state index in [0.717, 1.165) is 0 Å². The standard InChI is InChI=1S/C26H19N3O9/c1-2-32-25(31)20-19(13-4-6-16-18(9-13)36-11-34-16)21-23(38-26(27)28-21)29-14(24(30)37-22(20)29)7-12-3-5-15-17(8-12)35-10-33-15/h3-9,19H,2,10-11H2,1H3,(H2,27,28)/b14-7+. The van der Waals surface area contributed by atoms with Crippen molar-refractivity contribution in [2.24, 2.45) is 0 Å². The van der Waals surface area contributed by atoms with E-state index in [1.54, 1.807) is 49.4 Å². The van der Waals surface area contributed by atoms with Gasteiger partial charge in [0.2, 0.25) is 25.0 Å². The van der Waals surface area contributed by atoms with Gasteiger partial charge in [-0.2, -0.15) is 4.98 Å². The molecule has 38 heavy (non-hydrogen) atoms. The van der Waals surface area contributed by atoms with Crippen molar-refractivity contribution in [1.82, 2.24) is 9.55 Å². The van der Waals surface area contributed by atoms with Crippen LogP contribution in [0.4, 0.5) is 6.01 Å². The molecule has 2 aromatic heterocycles. The Morgan fingerprint density at radius 2 is 1.76 bits per heavy atom. The number of fused-ring (bicyclic) bond motifs is 5. The molecule has 7 rings (SSSR count). The summed E-state index contributed by atoms with van der Waals surface area (Å²) in [5, 5.41) is 0.0854. The summed E-state index contributed by atoms with van der Waals surface area (Å²) in [5.41, 5.74) is 6.85. The molecule has 0 aliphatic carbocycles. The van der Waals surface area contributed by atoms with Crippen molar-refractivity contribution < 1.29 is 37.3 Å². The minimum atomic E-state index is -0.830. The van der Waals surface area contributed by atoms with Crippen molar-refractivity contribution in [3.05, 3.63) is 74.5 Å². The number of anilines is 1. The molecule has 0 fully saturated rings. The maximum Gasteiger partial charge on any atom is 0.362 e. The van der Waals surface area contributed by atoms with E-state index in [2.05, 4.69) is 4.98 Å². The summed E-state index contributed by atoms with van der Waals surface area (Å²) in [6.07, 6.45) is 1.59. The largest absolute Gasteiger partial charge is 0.462 e. The van der Waals surface area contributed by atoms with Gasteiger partial charge in [0.25, 0.3) is 6.01 Å². The lowest BCUT2D eigenvalue weighted by Crippen LogP contribution is -2.37. The molecule has 0 spiro atoms. The Hall–Kier alpha value is -5.13. The molecule has 2 N–H and O–H groups in total. The van der Waals surface area contributed by atoms with Gasteiger partial charge in [-0.25, -0.2) is 14.2 Å². The molecule has 3 aliphatic rings. The maximum atomic E-state index is 13.4. The van der Waals surface area contributed by atoms with E-state index in [0.29, 0.717) is 39.8 Å². The quantitative estimate of drug-likeness (QED) is 0.388. The van der Waals surface area contributed by atoms with Gasteiger partial charge < -0.3 is 38.3 Å². The number of rotatable bonds is 4. The fraction of sp³-hybridized carbons (Fsp3) is 0.192. The van der Waals surface area contributed by atoms with Gasteiger partial charge in [-0.3, -0.25) is 0 Å². The molecule has 0 saturated heterocycles. The Morgan fingerprint density at radius 1 is 1.05 bits per heavy atom. The summed E-state index contributed by atoms with van der Waals surface area (Å²) in [6, 6.07) is 10.3. The average Bonchev–Trinajstić information content (AvgIpc) is 3.69. The normalized spacial score (nSPS) is 16.9. The molecule has 12 nitrogen and oxygen atoms in total. The van der Waals surface area contributed by atoms with Crippen molar-refractivity contribution in [1.29, 1.82) is 0 Å². The van der Waals surface area contributed by atoms with Crippen molar-refractivity contribution in [2.75, 3.05) is 25.9 Å². The molecular weight excluding hydrogens is 498 g/mol. The highest BCUT2D eigenvalue weighted by Crippen LogP contribution is 2.42. The van der Waals surface area contributed by atoms with E-state index in [-0.39, 0.29) is 48.6 Å². The number of benzene rings is 2. The van der Waals surface area contributed by atoms with Crippen LogP contribution in [0, 0.1) is 0 Å². The minimum absolute atomic E-state index is 0.0493. The lowest BCUT2D eigenvalue weighted by atomic mass is 9.86. The second-order valence-electron chi connectivity index (χ2n) is 8.59. The number of nitrogen functional groups attached to an aromatic ring is 1. The van der Waals surface area contributed by atoms with Crippen LogP contribution >= 0.6 is 0 Å². The SMILES string of the molecule is CCOC(=O)C1=c2oc(=O)/c(=C\c3ccc4c(c3)OCO4)n2-c2oc(N)nc2C1c1ccc2c(c1)OCO2. The van der Waals surface area contributed by atoms with Gasteiger partial charge in [0, 0.05) is 0 Å². The Balaban J connectivity index is 1.52. The smallest absolute Gasteiger partial charge is 0.362 e. The molecule has 0 bridgehead atoms. The zero-order valence-corrected chi connectivity index (χ0v) is 19.9. The highest BCUT2D eigenvalue weighted by Gasteiger charge is 2.40. The predicted octanol–water partition coefficient (Wildman–Crippen LogP) is 1.15. The molecule has 0 amide bonds. The van der Waals surface area contributed by atoms with Crippen LogP contribution in [-0.2, 0) is 9.53 Å². The highest BCUT2D eigenvalue weighted by molar-refractivity contribution is 6.12. The van der Waals surface area contributed by atoms with Crippen LogP contribution < -0.4 is 41.2 Å². The summed E-state index contributed by atoms with van der Waals surface area (Å²) < 4.78 is 40.0. The lowest BCUT2D eigenvalue weighted by Gasteiger charge is -2.22. The van der Waals surface area contributed by atoms with Crippen molar-refractivity contribution in [2.45, 2.75) is 12.8 Å². The van der Waals surface area contributed by atoms with Gasteiger partial charge in [0.05, 0.1) is 12.5 Å². The number of carbonyl (C=O) groups is 1. The molecule has 12 heteroatoms. The minimum Gasteiger partial charge on any atom is -0.462 e. The summed E-state index contributed by atoms with van der Waals surface area (Å²) in [6.45, 7) is 1.98. The van der Waals surface area contributed by atoms with Crippen LogP contribution in [0.25, 0.3) is 17.5 Å².